The summed E-state index contributed by atoms with van der Waals surface area (Å²) in [6, 6.07) is 7.34. The lowest BCUT2D eigenvalue weighted by Gasteiger charge is -2.13. The Bertz CT molecular complexity index is 646. The first kappa shape index (κ1) is 15.2. The zero-order valence-electron chi connectivity index (χ0n) is 11.5. The van der Waals surface area contributed by atoms with Gasteiger partial charge in [-0.1, -0.05) is 6.07 Å². The lowest BCUT2D eigenvalue weighted by atomic mass is 10.1. The number of carbonyl (C=O) groups is 1. The lowest BCUT2D eigenvalue weighted by Crippen LogP contribution is -2.26. The van der Waals surface area contributed by atoms with E-state index in [0.717, 1.165) is 12.1 Å². The molecule has 1 aromatic heterocycles. The fraction of sp³-hybridized carbons (Fsp3) is 0.267. The van der Waals surface area contributed by atoms with Crippen molar-refractivity contribution in [2.75, 3.05) is 0 Å². The molecule has 2 rings (SSSR count). The Morgan fingerprint density at radius 1 is 1.24 bits per heavy atom. The maximum Gasteiger partial charge on any atom is 0.416 e. The second-order valence-electron chi connectivity index (χ2n) is 4.72. The quantitative estimate of drug-likeness (QED) is 0.927. The van der Waals surface area contributed by atoms with Gasteiger partial charge in [0.2, 0.25) is 0 Å². The Kier molecular flexibility index (Phi) is 4.06. The summed E-state index contributed by atoms with van der Waals surface area (Å²) in [6.07, 6.45) is -4.47. The standard InChI is InChI=1S/C15H14F3NO2/c1-9-6-7-13(21-9)10(2)19-14(20)11-4-3-5-12(8-11)15(16,17)18/h3-8,10H,1-2H3,(H,19,20). The van der Waals surface area contributed by atoms with E-state index >= 15 is 0 Å². The van der Waals surface area contributed by atoms with Gasteiger partial charge in [-0.2, -0.15) is 13.2 Å². The first-order valence-corrected chi connectivity index (χ1v) is 6.32. The summed E-state index contributed by atoms with van der Waals surface area (Å²) in [5.41, 5.74) is -0.892. The van der Waals surface area contributed by atoms with Crippen LogP contribution in [-0.2, 0) is 6.18 Å². The van der Waals surface area contributed by atoms with Gasteiger partial charge in [0.1, 0.15) is 11.5 Å². The van der Waals surface area contributed by atoms with Crippen LogP contribution in [0.4, 0.5) is 13.2 Å². The minimum atomic E-state index is -4.47. The molecule has 1 heterocycles. The Morgan fingerprint density at radius 2 is 1.95 bits per heavy atom. The van der Waals surface area contributed by atoms with Crippen molar-refractivity contribution in [2.24, 2.45) is 0 Å². The number of hydrogen-bond acceptors (Lipinski definition) is 2. The molecule has 0 bridgehead atoms. The van der Waals surface area contributed by atoms with E-state index in [-0.39, 0.29) is 5.56 Å². The second-order valence-corrected chi connectivity index (χ2v) is 4.72. The molecule has 112 valence electrons. The largest absolute Gasteiger partial charge is 0.464 e. The van der Waals surface area contributed by atoms with Gasteiger partial charge < -0.3 is 9.73 Å². The summed E-state index contributed by atoms with van der Waals surface area (Å²) in [7, 11) is 0. The summed E-state index contributed by atoms with van der Waals surface area (Å²) in [6.45, 7) is 3.47. The first-order valence-electron chi connectivity index (χ1n) is 6.32. The van der Waals surface area contributed by atoms with Crippen molar-refractivity contribution in [3.05, 3.63) is 59.0 Å². The summed E-state index contributed by atoms with van der Waals surface area (Å²) >= 11 is 0. The van der Waals surface area contributed by atoms with Crippen LogP contribution in [0.2, 0.25) is 0 Å². The van der Waals surface area contributed by atoms with Gasteiger partial charge in [0.05, 0.1) is 11.6 Å². The first-order chi connectivity index (χ1) is 9.77. The SMILES string of the molecule is Cc1ccc(C(C)NC(=O)c2cccc(C(F)(F)F)c2)o1. The van der Waals surface area contributed by atoms with Crippen molar-refractivity contribution in [3.8, 4) is 0 Å². The molecular formula is C15H14F3NO2. The molecule has 0 spiro atoms. The van der Waals surface area contributed by atoms with Gasteiger partial charge >= 0.3 is 6.18 Å². The monoisotopic (exact) mass is 297 g/mol. The van der Waals surface area contributed by atoms with Crippen molar-refractivity contribution in [1.82, 2.24) is 5.32 Å². The van der Waals surface area contributed by atoms with Crippen LogP contribution < -0.4 is 5.32 Å². The highest BCUT2D eigenvalue weighted by Crippen LogP contribution is 2.29. The number of carbonyl (C=O) groups excluding carboxylic acids is 1. The number of alkyl halides is 3. The molecule has 1 aromatic carbocycles. The van der Waals surface area contributed by atoms with Crippen molar-refractivity contribution >= 4 is 5.91 Å². The molecule has 0 saturated heterocycles. The minimum Gasteiger partial charge on any atom is -0.464 e. The third kappa shape index (κ3) is 3.65. The molecule has 0 aliphatic heterocycles. The molecule has 1 amide bonds. The Morgan fingerprint density at radius 3 is 2.52 bits per heavy atom. The molecule has 0 radical (unpaired) electrons. The fourth-order valence-electron chi connectivity index (χ4n) is 1.87. The van der Waals surface area contributed by atoms with Crippen LogP contribution in [0.1, 0.15) is 40.4 Å². The van der Waals surface area contributed by atoms with E-state index < -0.39 is 23.7 Å². The van der Waals surface area contributed by atoms with Gasteiger partial charge in [-0.25, -0.2) is 0 Å². The fourth-order valence-corrected chi connectivity index (χ4v) is 1.87. The number of furan rings is 1. The molecule has 6 heteroatoms. The molecule has 0 fully saturated rings. The molecule has 1 N–H and O–H groups in total. The zero-order chi connectivity index (χ0) is 15.6. The highest BCUT2D eigenvalue weighted by Gasteiger charge is 2.31. The van der Waals surface area contributed by atoms with E-state index in [9.17, 15) is 18.0 Å². The van der Waals surface area contributed by atoms with E-state index in [1.807, 2.05) is 0 Å². The number of halogens is 3. The van der Waals surface area contributed by atoms with Crippen LogP contribution in [0.5, 0.6) is 0 Å². The van der Waals surface area contributed by atoms with E-state index in [2.05, 4.69) is 5.32 Å². The van der Waals surface area contributed by atoms with E-state index in [1.165, 1.54) is 12.1 Å². The molecule has 1 unspecified atom stereocenters. The van der Waals surface area contributed by atoms with Crippen LogP contribution in [0.15, 0.2) is 40.8 Å². The van der Waals surface area contributed by atoms with Gasteiger partial charge in [0.15, 0.2) is 0 Å². The smallest absolute Gasteiger partial charge is 0.416 e. The summed E-state index contributed by atoms with van der Waals surface area (Å²) < 4.78 is 43.2. The predicted molar refractivity (Wildman–Crippen MR) is 70.8 cm³/mol. The number of nitrogens with one attached hydrogen (secondary N) is 1. The maximum absolute atomic E-state index is 12.6. The van der Waals surface area contributed by atoms with E-state index in [4.69, 9.17) is 4.42 Å². The number of benzene rings is 1. The van der Waals surface area contributed by atoms with Crippen LogP contribution in [-0.4, -0.2) is 5.91 Å². The van der Waals surface area contributed by atoms with Crippen LogP contribution in [0, 0.1) is 6.92 Å². The number of aryl methyl sites for hydroxylation is 1. The maximum atomic E-state index is 12.6. The molecule has 0 aliphatic rings. The predicted octanol–water partition coefficient (Wildman–Crippen LogP) is 4.10. The van der Waals surface area contributed by atoms with E-state index in [0.29, 0.717) is 11.5 Å². The topological polar surface area (TPSA) is 42.2 Å². The minimum absolute atomic E-state index is 0.0417. The lowest BCUT2D eigenvalue weighted by molar-refractivity contribution is -0.137. The Labute approximate surface area is 119 Å². The molecule has 1 atom stereocenters. The summed E-state index contributed by atoms with van der Waals surface area (Å²) in [5, 5.41) is 2.60. The average molecular weight is 297 g/mol. The van der Waals surface area contributed by atoms with Crippen molar-refractivity contribution < 1.29 is 22.4 Å². The second kappa shape index (κ2) is 5.63. The van der Waals surface area contributed by atoms with Crippen LogP contribution in [0.3, 0.4) is 0 Å². The van der Waals surface area contributed by atoms with Crippen LogP contribution in [0.25, 0.3) is 0 Å². The van der Waals surface area contributed by atoms with Crippen LogP contribution >= 0.6 is 0 Å². The van der Waals surface area contributed by atoms with Crippen molar-refractivity contribution in [3.63, 3.8) is 0 Å². The third-order valence-corrected chi connectivity index (χ3v) is 2.99. The zero-order valence-corrected chi connectivity index (χ0v) is 11.5. The van der Waals surface area contributed by atoms with Gasteiger partial charge in [-0.3, -0.25) is 4.79 Å². The third-order valence-electron chi connectivity index (χ3n) is 2.99. The van der Waals surface area contributed by atoms with Crippen molar-refractivity contribution in [1.29, 1.82) is 0 Å². The number of amides is 1. The van der Waals surface area contributed by atoms with Gasteiger partial charge in [-0.15, -0.1) is 0 Å². The van der Waals surface area contributed by atoms with Gasteiger partial charge in [0, 0.05) is 5.56 Å². The highest BCUT2D eigenvalue weighted by molar-refractivity contribution is 5.94. The Hall–Kier alpha value is -2.24. The summed E-state index contributed by atoms with van der Waals surface area (Å²) in [5.74, 6) is 0.667. The average Bonchev–Trinajstić information content (AvgIpc) is 2.84. The van der Waals surface area contributed by atoms with Crippen molar-refractivity contribution in [2.45, 2.75) is 26.1 Å². The molecule has 0 aliphatic carbocycles. The molecule has 0 saturated carbocycles. The van der Waals surface area contributed by atoms with Gasteiger partial charge in [0.25, 0.3) is 5.91 Å². The Balaban J connectivity index is 2.13. The molecule has 2 aromatic rings. The van der Waals surface area contributed by atoms with Gasteiger partial charge in [-0.05, 0) is 44.2 Å². The molecule has 21 heavy (non-hydrogen) atoms. The number of hydrogen-bond donors (Lipinski definition) is 1. The highest BCUT2D eigenvalue weighted by atomic mass is 19.4. The summed E-state index contributed by atoms with van der Waals surface area (Å²) in [4.78, 5) is 12.0. The normalized spacial score (nSPS) is 13.0. The molecule has 3 nitrogen and oxygen atoms in total. The molecular weight excluding hydrogens is 283 g/mol. The van der Waals surface area contributed by atoms with E-state index in [1.54, 1.807) is 26.0 Å². The number of rotatable bonds is 3.